The molecule has 2 aromatic carbocycles. The number of aliphatic imine (C=N–C) groups is 1. The van der Waals surface area contributed by atoms with E-state index in [4.69, 9.17) is 16.3 Å². The molecule has 1 aromatic heterocycles. The Morgan fingerprint density at radius 1 is 1.26 bits per heavy atom. The molecule has 0 amide bonds. The van der Waals surface area contributed by atoms with Gasteiger partial charge in [-0.15, -0.1) is 0 Å². The SMILES string of the molecule is CCOC(=O)c1[nH]c2ccc(Cl)cc2c1C=Nc1ccccc1. The summed E-state index contributed by atoms with van der Waals surface area (Å²) in [6, 6.07) is 14.9. The van der Waals surface area contributed by atoms with Crippen LogP contribution in [0.5, 0.6) is 0 Å². The van der Waals surface area contributed by atoms with Crippen molar-refractivity contribution in [3.05, 3.63) is 64.8 Å². The minimum Gasteiger partial charge on any atom is -0.461 e. The maximum Gasteiger partial charge on any atom is 0.355 e. The summed E-state index contributed by atoms with van der Waals surface area (Å²) in [7, 11) is 0. The number of nitrogens with zero attached hydrogens (tertiary/aromatic N) is 1. The van der Waals surface area contributed by atoms with E-state index in [2.05, 4.69) is 9.98 Å². The van der Waals surface area contributed by atoms with Gasteiger partial charge in [0.2, 0.25) is 0 Å². The number of carbonyl (C=O) groups is 1. The number of benzene rings is 2. The number of nitrogens with one attached hydrogen (secondary N) is 1. The molecule has 3 rings (SSSR count). The first-order valence-corrected chi connectivity index (χ1v) is 7.64. The van der Waals surface area contributed by atoms with E-state index in [9.17, 15) is 4.79 Å². The van der Waals surface area contributed by atoms with Gasteiger partial charge in [0, 0.05) is 27.7 Å². The molecule has 0 aliphatic rings. The van der Waals surface area contributed by atoms with E-state index in [-0.39, 0.29) is 0 Å². The van der Waals surface area contributed by atoms with Crippen LogP contribution >= 0.6 is 11.6 Å². The summed E-state index contributed by atoms with van der Waals surface area (Å²) in [5, 5.41) is 1.43. The van der Waals surface area contributed by atoms with Crippen LogP contribution in [0.15, 0.2) is 53.5 Å². The average Bonchev–Trinajstić information content (AvgIpc) is 2.92. The van der Waals surface area contributed by atoms with Crippen LogP contribution in [0.1, 0.15) is 23.0 Å². The number of rotatable bonds is 4. The lowest BCUT2D eigenvalue weighted by atomic mass is 10.1. The van der Waals surface area contributed by atoms with Gasteiger partial charge in [0.1, 0.15) is 5.69 Å². The van der Waals surface area contributed by atoms with Crippen LogP contribution in [-0.2, 0) is 4.74 Å². The number of esters is 1. The standard InChI is InChI=1S/C18H15ClN2O2/c1-2-23-18(22)17-15(11-20-13-6-4-3-5-7-13)14-10-12(19)8-9-16(14)21-17/h3-11,21H,2H2,1H3. The van der Waals surface area contributed by atoms with Crippen molar-refractivity contribution in [3.8, 4) is 0 Å². The van der Waals surface area contributed by atoms with Crippen LogP contribution in [0.2, 0.25) is 5.02 Å². The predicted octanol–water partition coefficient (Wildman–Crippen LogP) is 4.75. The number of hydrogen-bond acceptors (Lipinski definition) is 3. The van der Waals surface area contributed by atoms with E-state index in [0.29, 0.717) is 22.9 Å². The quantitative estimate of drug-likeness (QED) is 0.555. The molecule has 0 spiro atoms. The molecule has 0 aliphatic heterocycles. The van der Waals surface area contributed by atoms with Crippen molar-refractivity contribution in [2.45, 2.75) is 6.92 Å². The first kappa shape index (κ1) is 15.3. The van der Waals surface area contributed by atoms with Crippen LogP contribution in [0, 0.1) is 0 Å². The highest BCUT2D eigenvalue weighted by atomic mass is 35.5. The van der Waals surface area contributed by atoms with Crippen molar-refractivity contribution in [3.63, 3.8) is 0 Å². The van der Waals surface area contributed by atoms with Crippen LogP contribution in [0.4, 0.5) is 5.69 Å². The highest BCUT2D eigenvalue weighted by molar-refractivity contribution is 6.31. The average molecular weight is 327 g/mol. The van der Waals surface area contributed by atoms with Crippen molar-refractivity contribution in [2.75, 3.05) is 6.61 Å². The van der Waals surface area contributed by atoms with Crippen molar-refractivity contribution >= 4 is 40.4 Å². The molecule has 0 radical (unpaired) electrons. The lowest BCUT2D eigenvalue weighted by Crippen LogP contribution is -2.07. The fourth-order valence-electron chi connectivity index (χ4n) is 2.34. The van der Waals surface area contributed by atoms with E-state index in [0.717, 1.165) is 16.6 Å². The predicted molar refractivity (Wildman–Crippen MR) is 93.0 cm³/mol. The fraction of sp³-hybridized carbons (Fsp3) is 0.111. The Balaban J connectivity index is 2.11. The molecular formula is C18H15ClN2O2. The van der Waals surface area contributed by atoms with Gasteiger partial charge >= 0.3 is 5.97 Å². The largest absolute Gasteiger partial charge is 0.461 e. The summed E-state index contributed by atoms with van der Waals surface area (Å²) < 4.78 is 5.12. The molecule has 23 heavy (non-hydrogen) atoms. The highest BCUT2D eigenvalue weighted by Gasteiger charge is 2.17. The number of aromatic nitrogens is 1. The van der Waals surface area contributed by atoms with Gasteiger partial charge in [0.05, 0.1) is 12.3 Å². The van der Waals surface area contributed by atoms with Gasteiger partial charge in [-0.1, -0.05) is 29.8 Å². The molecule has 116 valence electrons. The van der Waals surface area contributed by atoms with Crippen LogP contribution < -0.4 is 0 Å². The number of para-hydroxylation sites is 1. The van der Waals surface area contributed by atoms with E-state index in [1.807, 2.05) is 42.5 Å². The third-order valence-electron chi connectivity index (χ3n) is 3.38. The maximum absolute atomic E-state index is 12.2. The summed E-state index contributed by atoms with van der Waals surface area (Å²) in [6.07, 6.45) is 1.66. The molecule has 0 fully saturated rings. The zero-order valence-corrected chi connectivity index (χ0v) is 13.3. The van der Waals surface area contributed by atoms with Gasteiger partial charge in [0.25, 0.3) is 0 Å². The molecule has 0 atom stereocenters. The summed E-state index contributed by atoms with van der Waals surface area (Å²) in [4.78, 5) is 19.7. The first-order valence-electron chi connectivity index (χ1n) is 7.26. The van der Waals surface area contributed by atoms with E-state index in [1.54, 1.807) is 19.2 Å². The number of fused-ring (bicyclic) bond motifs is 1. The molecule has 1 heterocycles. The minimum absolute atomic E-state index is 0.310. The van der Waals surface area contributed by atoms with Crippen LogP contribution in [0.25, 0.3) is 10.9 Å². The zero-order chi connectivity index (χ0) is 16.2. The number of H-pyrrole nitrogens is 1. The molecule has 3 aromatic rings. The normalized spacial score (nSPS) is 11.2. The first-order chi connectivity index (χ1) is 11.2. The molecular weight excluding hydrogens is 312 g/mol. The van der Waals surface area contributed by atoms with Crippen LogP contribution in [0.3, 0.4) is 0 Å². The Kier molecular flexibility index (Phi) is 4.44. The van der Waals surface area contributed by atoms with Gasteiger partial charge in [0.15, 0.2) is 0 Å². The molecule has 0 saturated heterocycles. The Labute approximate surface area is 138 Å². The second kappa shape index (κ2) is 6.67. The summed E-state index contributed by atoms with van der Waals surface area (Å²) in [5.41, 5.74) is 2.67. The van der Waals surface area contributed by atoms with E-state index in [1.165, 1.54) is 0 Å². The monoisotopic (exact) mass is 326 g/mol. The molecule has 0 aliphatic carbocycles. The summed E-state index contributed by atoms with van der Waals surface area (Å²) in [5.74, 6) is -0.408. The van der Waals surface area contributed by atoms with Crippen molar-refractivity contribution in [1.29, 1.82) is 0 Å². The minimum atomic E-state index is -0.408. The molecule has 5 heteroatoms. The third-order valence-corrected chi connectivity index (χ3v) is 3.61. The fourth-order valence-corrected chi connectivity index (χ4v) is 2.51. The van der Waals surface area contributed by atoms with Gasteiger partial charge in [-0.25, -0.2) is 4.79 Å². The number of carbonyl (C=O) groups excluding carboxylic acids is 1. The van der Waals surface area contributed by atoms with Gasteiger partial charge < -0.3 is 9.72 Å². The molecule has 0 unspecified atom stereocenters. The highest BCUT2D eigenvalue weighted by Crippen LogP contribution is 2.25. The Morgan fingerprint density at radius 3 is 2.78 bits per heavy atom. The summed E-state index contributed by atoms with van der Waals surface area (Å²) >= 11 is 6.08. The lowest BCUT2D eigenvalue weighted by molar-refractivity contribution is 0.0520. The summed E-state index contributed by atoms with van der Waals surface area (Å²) in [6.45, 7) is 2.08. The number of ether oxygens (including phenoxy) is 1. The second-order valence-corrected chi connectivity index (χ2v) is 5.35. The lowest BCUT2D eigenvalue weighted by Gasteiger charge is -2.00. The van der Waals surface area contributed by atoms with Gasteiger partial charge in [-0.2, -0.15) is 0 Å². The van der Waals surface area contributed by atoms with E-state index < -0.39 is 5.97 Å². The van der Waals surface area contributed by atoms with Gasteiger partial charge in [-0.3, -0.25) is 4.99 Å². The van der Waals surface area contributed by atoms with E-state index >= 15 is 0 Å². The van der Waals surface area contributed by atoms with Crippen molar-refractivity contribution in [2.24, 2.45) is 4.99 Å². The molecule has 1 N–H and O–H groups in total. The number of hydrogen-bond donors (Lipinski definition) is 1. The Morgan fingerprint density at radius 2 is 2.04 bits per heavy atom. The smallest absolute Gasteiger partial charge is 0.355 e. The third kappa shape index (κ3) is 3.27. The van der Waals surface area contributed by atoms with Gasteiger partial charge in [-0.05, 0) is 37.3 Å². The Hall–Kier alpha value is -2.59. The Bertz CT molecular complexity index is 869. The zero-order valence-electron chi connectivity index (χ0n) is 12.5. The molecule has 0 bridgehead atoms. The molecule has 0 saturated carbocycles. The van der Waals surface area contributed by atoms with Crippen molar-refractivity contribution < 1.29 is 9.53 Å². The number of halogens is 1. The maximum atomic E-state index is 12.2. The second-order valence-electron chi connectivity index (χ2n) is 4.92. The van der Waals surface area contributed by atoms with Crippen LogP contribution in [-0.4, -0.2) is 23.8 Å². The number of aromatic amines is 1. The molecule has 4 nitrogen and oxygen atoms in total. The topological polar surface area (TPSA) is 54.5 Å². The van der Waals surface area contributed by atoms with Crippen molar-refractivity contribution in [1.82, 2.24) is 4.98 Å².